The van der Waals surface area contributed by atoms with E-state index in [2.05, 4.69) is 29.4 Å². The minimum Gasteiger partial charge on any atom is -0.497 e. The standard InChI is InChI=1S/C18H25N5O3S/c1-12-6-5-7-13(2)22(12)17(24)11-27-18-19-20-21-23(18)15-9-8-14(25-3)10-16(15)26-4/h8-10,12-13H,5-7,11H2,1-4H3/t12-,13-/m0/s1. The summed E-state index contributed by atoms with van der Waals surface area (Å²) in [7, 11) is 3.18. The van der Waals surface area contributed by atoms with E-state index in [1.54, 1.807) is 25.0 Å². The summed E-state index contributed by atoms with van der Waals surface area (Å²) in [6.07, 6.45) is 3.29. The zero-order valence-electron chi connectivity index (χ0n) is 16.1. The van der Waals surface area contributed by atoms with Crippen LogP contribution < -0.4 is 9.47 Å². The van der Waals surface area contributed by atoms with Crippen molar-refractivity contribution in [1.82, 2.24) is 25.1 Å². The van der Waals surface area contributed by atoms with E-state index in [9.17, 15) is 4.79 Å². The number of nitrogens with zero attached hydrogens (tertiary/aromatic N) is 5. The van der Waals surface area contributed by atoms with Crippen LogP contribution in [-0.4, -0.2) is 63.1 Å². The molecular formula is C18H25N5O3S. The minimum atomic E-state index is 0.121. The highest BCUT2D eigenvalue weighted by atomic mass is 32.2. The molecule has 2 aromatic rings. The van der Waals surface area contributed by atoms with Gasteiger partial charge in [0.15, 0.2) is 0 Å². The number of methoxy groups -OCH3 is 2. The molecule has 0 N–H and O–H groups in total. The highest BCUT2D eigenvalue weighted by Crippen LogP contribution is 2.30. The van der Waals surface area contributed by atoms with E-state index in [-0.39, 0.29) is 18.0 Å². The second-order valence-electron chi connectivity index (χ2n) is 6.63. The molecule has 2 heterocycles. The molecule has 1 amide bonds. The number of carbonyl (C=O) groups excluding carboxylic acids is 1. The average Bonchev–Trinajstić information content (AvgIpc) is 3.14. The maximum Gasteiger partial charge on any atom is 0.233 e. The molecule has 0 aliphatic carbocycles. The molecule has 146 valence electrons. The van der Waals surface area contributed by atoms with Crippen LogP contribution in [-0.2, 0) is 4.79 Å². The van der Waals surface area contributed by atoms with Crippen molar-refractivity contribution in [2.75, 3.05) is 20.0 Å². The summed E-state index contributed by atoms with van der Waals surface area (Å²) in [5.74, 6) is 1.69. The van der Waals surface area contributed by atoms with Crippen molar-refractivity contribution < 1.29 is 14.3 Å². The van der Waals surface area contributed by atoms with Crippen molar-refractivity contribution in [3.63, 3.8) is 0 Å². The van der Waals surface area contributed by atoms with Crippen LogP contribution in [0, 0.1) is 0 Å². The summed E-state index contributed by atoms with van der Waals surface area (Å²) in [5.41, 5.74) is 0.693. The molecule has 1 aliphatic heterocycles. The van der Waals surface area contributed by atoms with Gasteiger partial charge in [0.05, 0.1) is 20.0 Å². The molecule has 1 aliphatic rings. The SMILES string of the molecule is COc1ccc(-n2nnnc2SCC(=O)N2[C@@H](C)CCC[C@@H]2C)c(OC)c1. The summed E-state index contributed by atoms with van der Waals surface area (Å²) in [6.45, 7) is 4.23. The van der Waals surface area contributed by atoms with Crippen molar-refractivity contribution in [3.8, 4) is 17.2 Å². The van der Waals surface area contributed by atoms with Crippen LogP contribution in [0.4, 0.5) is 0 Å². The molecule has 0 radical (unpaired) electrons. The summed E-state index contributed by atoms with van der Waals surface area (Å²) >= 11 is 1.33. The van der Waals surface area contributed by atoms with Gasteiger partial charge in [0, 0.05) is 18.2 Å². The molecule has 1 saturated heterocycles. The highest BCUT2D eigenvalue weighted by molar-refractivity contribution is 7.99. The van der Waals surface area contributed by atoms with E-state index >= 15 is 0 Å². The second-order valence-corrected chi connectivity index (χ2v) is 7.57. The van der Waals surface area contributed by atoms with Gasteiger partial charge in [-0.05, 0) is 55.7 Å². The zero-order chi connectivity index (χ0) is 19.4. The van der Waals surface area contributed by atoms with Crippen molar-refractivity contribution in [2.24, 2.45) is 0 Å². The Labute approximate surface area is 163 Å². The summed E-state index contributed by atoms with van der Waals surface area (Å²) < 4.78 is 12.2. The third-order valence-corrected chi connectivity index (χ3v) is 5.77. The quantitative estimate of drug-likeness (QED) is 0.700. The Morgan fingerprint density at radius 2 is 1.96 bits per heavy atom. The Morgan fingerprint density at radius 3 is 2.63 bits per heavy atom. The van der Waals surface area contributed by atoms with Gasteiger partial charge in [-0.15, -0.1) is 5.10 Å². The largest absolute Gasteiger partial charge is 0.497 e. The number of benzene rings is 1. The number of ether oxygens (including phenoxy) is 2. The lowest BCUT2D eigenvalue weighted by Gasteiger charge is -2.39. The van der Waals surface area contributed by atoms with Crippen LogP contribution in [0.1, 0.15) is 33.1 Å². The monoisotopic (exact) mass is 391 g/mol. The highest BCUT2D eigenvalue weighted by Gasteiger charge is 2.29. The number of likely N-dealkylation sites (tertiary alicyclic amines) is 1. The molecule has 9 heteroatoms. The Kier molecular flexibility index (Phi) is 6.20. The van der Waals surface area contributed by atoms with Gasteiger partial charge >= 0.3 is 0 Å². The first-order valence-corrected chi connectivity index (χ1v) is 9.98. The van der Waals surface area contributed by atoms with E-state index in [0.717, 1.165) is 12.8 Å². The van der Waals surface area contributed by atoms with Gasteiger partial charge in [-0.25, -0.2) is 0 Å². The first-order chi connectivity index (χ1) is 13.0. The van der Waals surface area contributed by atoms with Crippen LogP contribution in [0.15, 0.2) is 23.4 Å². The molecule has 3 rings (SSSR count). The predicted molar refractivity (Wildman–Crippen MR) is 103 cm³/mol. The van der Waals surface area contributed by atoms with Crippen molar-refractivity contribution in [1.29, 1.82) is 0 Å². The molecular weight excluding hydrogens is 366 g/mol. The third-order valence-electron chi connectivity index (χ3n) is 4.86. The molecule has 1 aromatic carbocycles. The normalized spacial score (nSPS) is 19.8. The molecule has 1 aromatic heterocycles. The van der Waals surface area contributed by atoms with Gasteiger partial charge < -0.3 is 14.4 Å². The van der Waals surface area contributed by atoms with Crippen molar-refractivity contribution in [2.45, 2.75) is 50.4 Å². The molecule has 8 nitrogen and oxygen atoms in total. The summed E-state index contributed by atoms with van der Waals surface area (Å²) in [4.78, 5) is 14.8. The second kappa shape index (κ2) is 8.60. The first-order valence-electron chi connectivity index (χ1n) is 9.00. The van der Waals surface area contributed by atoms with Crippen molar-refractivity contribution >= 4 is 17.7 Å². The Bertz CT molecular complexity index is 787. The molecule has 27 heavy (non-hydrogen) atoms. The Morgan fingerprint density at radius 1 is 1.22 bits per heavy atom. The lowest BCUT2D eigenvalue weighted by atomic mass is 9.98. The molecule has 1 fully saturated rings. The number of hydrogen-bond acceptors (Lipinski definition) is 7. The fourth-order valence-corrected chi connectivity index (χ4v) is 4.25. The molecule has 0 saturated carbocycles. The van der Waals surface area contributed by atoms with E-state index in [1.165, 1.54) is 18.2 Å². The van der Waals surface area contributed by atoms with E-state index in [1.807, 2.05) is 17.0 Å². The van der Waals surface area contributed by atoms with Crippen molar-refractivity contribution in [3.05, 3.63) is 18.2 Å². The van der Waals surface area contributed by atoms with Crippen LogP contribution in [0.2, 0.25) is 0 Å². The number of piperidine rings is 1. The average molecular weight is 391 g/mol. The Balaban J connectivity index is 1.75. The van der Waals surface area contributed by atoms with Crippen LogP contribution in [0.5, 0.6) is 11.5 Å². The number of amides is 1. The zero-order valence-corrected chi connectivity index (χ0v) is 16.9. The molecule has 0 unspecified atom stereocenters. The van der Waals surface area contributed by atoms with E-state index < -0.39 is 0 Å². The maximum absolute atomic E-state index is 12.8. The van der Waals surface area contributed by atoms with Gasteiger partial charge in [0.25, 0.3) is 0 Å². The van der Waals surface area contributed by atoms with E-state index in [0.29, 0.717) is 28.1 Å². The smallest absolute Gasteiger partial charge is 0.233 e. The molecule has 0 bridgehead atoms. The van der Waals surface area contributed by atoms with Gasteiger partial charge in [-0.1, -0.05) is 11.8 Å². The fraction of sp³-hybridized carbons (Fsp3) is 0.556. The number of rotatable bonds is 6. The topological polar surface area (TPSA) is 82.4 Å². The van der Waals surface area contributed by atoms with Gasteiger partial charge in [0.2, 0.25) is 11.1 Å². The number of aromatic nitrogens is 4. The van der Waals surface area contributed by atoms with Crippen LogP contribution >= 0.6 is 11.8 Å². The van der Waals surface area contributed by atoms with Crippen LogP contribution in [0.3, 0.4) is 0 Å². The van der Waals surface area contributed by atoms with E-state index in [4.69, 9.17) is 9.47 Å². The number of thioether (sulfide) groups is 1. The lowest BCUT2D eigenvalue weighted by molar-refractivity contribution is -0.134. The molecule has 2 atom stereocenters. The molecule has 0 spiro atoms. The van der Waals surface area contributed by atoms with Gasteiger partial charge in [-0.3, -0.25) is 4.79 Å². The summed E-state index contributed by atoms with van der Waals surface area (Å²) in [6, 6.07) is 5.97. The van der Waals surface area contributed by atoms with Gasteiger partial charge in [0.1, 0.15) is 17.2 Å². The Hall–Kier alpha value is -2.29. The number of carbonyl (C=O) groups is 1. The summed E-state index contributed by atoms with van der Waals surface area (Å²) in [5, 5.41) is 12.4. The lowest BCUT2D eigenvalue weighted by Crippen LogP contribution is -2.48. The van der Waals surface area contributed by atoms with Gasteiger partial charge in [-0.2, -0.15) is 4.68 Å². The van der Waals surface area contributed by atoms with Crippen LogP contribution in [0.25, 0.3) is 5.69 Å². The first kappa shape index (κ1) is 19.5. The number of tetrazole rings is 1. The maximum atomic E-state index is 12.8. The fourth-order valence-electron chi connectivity index (χ4n) is 3.49. The number of hydrogen-bond donors (Lipinski definition) is 0. The third kappa shape index (κ3) is 4.18. The predicted octanol–water partition coefficient (Wildman–Crippen LogP) is 2.56. The minimum absolute atomic E-state index is 0.121.